The minimum atomic E-state index is 0.00427. The van der Waals surface area contributed by atoms with Gasteiger partial charge in [-0.3, -0.25) is 9.59 Å². The van der Waals surface area contributed by atoms with Crippen LogP contribution in [-0.2, 0) is 16.1 Å². The van der Waals surface area contributed by atoms with E-state index in [1.807, 2.05) is 24.1 Å². The minimum Gasteiger partial charge on any atom is -0.354 e. The molecule has 0 saturated carbocycles. The normalized spacial score (nSPS) is 18.9. The van der Waals surface area contributed by atoms with E-state index in [1.165, 1.54) is 0 Å². The summed E-state index contributed by atoms with van der Waals surface area (Å²) >= 11 is 0. The number of aromatic nitrogens is 1. The largest absolute Gasteiger partial charge is 0.354 e. The quantitative estimate of drug-likeness (QED) is 0.801. The van der Waals surface area contributed by atoms with Crippen molar-refractivity contribution in [3.63, 3.8) is 0 Å². The van der Waals surface area contributed by atoms with Gasteiger partial charge in [-0.25, -0.2) is 4.98 Å². The number of pyridine rings is 1. The summed E-state index contributed by atoms with van der Waals surface area (Å²) in [4.78, 5) is 35.6. The second kappa shape index (κ2) is 9.87. The molecule has 28 heavy (non-hydrogen) atoms. The van der Waals surface area contributed by atoms with Gasteiger partial charge in [-0.1, -0.05) is 6.92 Å². The van der Waals surface area contributed by atoms with Gasteiger partial charge in [-0.2, -0.15) is 0 Å². The Bertz CT molecular complexity index is 665. The SMILES string of the molecule is CCCC(=O)N1CCC(C(=O)NCc2ccnc(N3CCN(C)CC3)c2)CC1. The molecule has 154 valence electrons. The number of likely N-dealkylation sites (tertiary alicyclic amines) is 1. The number of rotatable bonds is 6. The van der Waals surface area contributed by atoms with E-state index in [0.717, 1.165) is 56.8 Å². The molecule has 7 heteroatoms. The molecule has 0 radical (unpaired) electrons. The van der Waals surface area contributed by atoms with Gasteiger partial charge in [-0.05, 0) is 44.0 Å². The zero-order valence-electron chi connectivity index (χ0n) is 17.2. The van der Waals surface area contributed by atoms with Crippen molar-refractivity contribution in [2.24, 2.45) is 5.92 Å². The van der Waals surface area contributed by atoms with Gasteiger partial charge >= 0.3 is 0 Å². The summed E-state index contributed by atoms with van der Waals surface area (Å²) in [5.74, 6) is 1.31. The van der Waals surface area contributed by atoms with Crippen molar-refractivity contribution in [2.75, 3.05) is 51.2 Å². The Morgan fingerprint density at radius 3 is 2.54 bits per heavy atom. The van der Waals surface area contributed by atoms with Crippen LogP contribution in [0.5, 0.6) is 0 Å². The maximum atomic E-state index is 12.6. The van der Waals surface area contributed by atoms with Crippen LogP contribution in [0.15, 0.2) is 18.3 Å². The number of hydrogen-bond donors (Lipinski definition) is 1. The molecule has 7 nitrogen and oxygen atoms in total. The summed E-state index contributed by atoms with van der Waals surface area (Å²) in [6.07, 6.45) is 4.82. The summed E-state index contributed by atoms with van der Waals surface area (Å²) in [5, 5.41) is 3.08. The predicted molar refractivity (Wildman–Crippen MR) is 110 cm³/mol. The smallest absolute Gasteiger partial charge is 0.223 e. The molecule has 3 heterocycles. The maximum absolute atomic E-state index is 12.6. The molecule has 2 aliphatic heterocycles. The molecule has 2 aliphatic rings. The summed E-state index contributed by atoms with van der Waals surface area (Å²) in [6.45, 7) is 7.98. The van der Waals surface area contributed by atoms with Crippen LogP contribution >= 0.6 is 0 Å². The van der Waals surface area contributed by atoms with Gasteiger partial charge in [0.2, 0.25) is 11.8 Å². The molecule has 0 bridgehead atoms. The Balaban J connectivity index is 1.46. The van der Waals surface area contributed by atoms with E-state index in [1.54, 1.807) is 0 Å². The molecule has 3 rings (SSSR count). The molecule has 1 aromatic heterocycles. The summed E-state index contributed by atoms with van der Waals surface area (Å²) < 4.78 is 0. The monoisotopic (exact) mass is 387 g/mol. The molecule has 2 fully saturated rings. The lowest BCUT2D eigenvalue weighted by Gasteiger charge is -2.33. The van der Waals surface area contributed by atoms with Crippen molar-refractivity contribution in [3.8, 4) is 0 Å². The van der Waals surface area contributed by atoms with E-state index in [4.69, 9.17) is 0 Å². The zero-order chi connectivity index (χ0) is 19.9. The highest BCUT2D eigenvalue weighted by atomic mass is 16.2. The third-order valence-corrected chi connectivity index (χ3v) is 5.79. The van der Waals surface area contributed by atoms with Gasteiger partial charge in [0.05, 0.1) is 0 Å². The van der Waals surface area contributed by atoms with E-state index in [9.17, 15) is 9.59 Å². The molecule has 1 N–H and O–H groups in total. The molecule has 0 atom stereocenters. The molecular formula is C21H33N5O2. The van der Waals surface area contributed by atoms with Gasteiger partial charge in [0, 0.05) is 64.3 Å². The van der Waals surface area contributed by atoms with Gasteiger partial charge in [0.15, 0.2) is 0 Å². The van der Waals surface area contributed by atoms with Crippen LogP contribution in [0, 0.1) is 5.92 Å². The van der Waals surface area contributed by atoms with Crippen LogP contribution < -0.4 is 10.2 Å². The molecule has 1 aromatic rings. The standard InChI is InChI=1S/C21H33N5O2/c1-3-4-20(27)26-9-6-18(7-10-26)21(28)23-16-17-5-8-22-19(15-17)25-13-11-24(2)12-14-25/h5,8,15,18H,3-4,6-7,9-14,16H2,1-2H3,(H,23,28). The molecule has 2 amide bonds. The molecule has 0 unspecified atom stereocenters. The Kier molecular flexibility index (Phi) is 7.25. The number of nitrogens with one attached hydrogen (secondary N) is 1. The minimum absolute atomic E-state index is 0.00427. The average Bonchev–Trinajstić information content (AvgIpc) is 2.73. The first-order valence-electron chi connectivity index (χ1n) is 10.5. The number of hydrogen-bond acceptors (Lipinski definition) is 5. The molecular weight excluding hydrogens is 354 g/mol. The summed E-state index contributed by atoms with van der Waals surface area (Å²) in [5.41, 5.74) is 1.08. The fourth-order valence-corrected chi connectivity index (χ4v) is 3.88. The number of amides is 2. The maximum Gasteiger partial charge on any atom is 0.223 e. The Hall–Kier alpha value is -2.15. The van der Waals surface area contributed by atoms with Gasteiger partial charge in [0.1, 0.15) is 5.82 Å². The number of likely N-dealkylation sites (N-methyl/N-ethyl adjacent to an activating group) is 1. The van der Waals surface area contributed by atoms with Crippen molar-refractivity contribution in [2.45, 2.75) is 39.2 Å². The highest BCUT2D eigenvalue weighted by Crippen LogP contribution is 2.19. The van der Waals surface area contributed by atoms with Crippen molar-refractivity contribution >= 4 is 17.6 Å². The van der Waals surface area contributed by atoms with E-state index >= 15 is 0 Å². The second-order valence-corrected chi connectivity index (χ2v) is 7.94. The Labute approximate surface area is 168 Å². The molecule has 0 aliphatic carbocycles. The fourth-order valence-electron chi connectivity index (χ4n) is 3.88. The summed E-state index contributed by atoms with van der Waals surface area (Å²) in [7, 11) is 2.14. The highest BCUT2D eigenvalue weighted by molar-refractivity contribution is 5.80. The molecule has 0 aromatic carbocycles. The number of carbonyl (C=O) groups excluding carboxylic acids is 2. The molecule has 0 spiro atoms. The van der Waals surface area contributed by atoms with E-state index < -0.39 is 0 Å². The third-order valence-electron chi connectivity index (χ3n) is 5.79. The van der Waals surface area contributed by atoms with Crippen LogP contribution in [-0.4, -0.2) is 72.9 Å². The number of piperazine rings is 1. The lowest BCUT2D eigenvalue weighted by molar-refractivity contribution is -0.135. The number of carbonyl (C=O) groups is 2. The van der Waals surface area contributed by atoms with Gasteiger partial charge in [0.25, 0.3) is 0 Å². The van der Waals surface area contributed by atoms with E-state index in [-0.39, 0.29) is 17.7 Å². The first kappa shape index (κ1) is 20.6. The predicted octanol–water partition coefficient (Wildman–Crippen LogP) is 1.49. The van der Waals surface area contributed by atoms with Crippen molar-refractivity contribution in [3.05, 3.63) is 23.9 Å². The van der Waals surface area contributed by atoms with E-state index in [2.05, 4.69) is 33.2 Å². The number of anilines is 1. The molecule has 2 saturated heterocycles. The number of nitrogens with zero attached hydrogens (tertiary/aromatic N) is 4. The topological polar surface area (TPSA) is 68.8 Å². The van der Waals surface area contributed by atoms with Gasteiger partial charge in [-0.15, -0.1) is 0 Å². The lowest BCUT2D eigenvalue weighted by Crippen LogP contribution is -2.44. The summed E-state index contributed by atoms with van der Waals surface area (Å²) in [6, 6.07) is 4.05. The Morgan fingerprint density at radius 2 is 1.86 bits per heavy atom. The third kappa shape index (κ3) is 5.44. The van der Waals surface area contributed by atoms with Crippen LogP contribution in [0.4, 0.5) is 5.82 Å². The first-order chi connectivity index (χ1) is 13.6. The second-order valence-electron chi connectivity index (χ2n) is 7.94. The zero-order valence-corrected chi connectivity index (χ0v) is 17.2. The fraction of sp³-hybridized carbons (Fsp3) is 0.667. The average molecular weight is 388 g/mol. The van der Waals surface area contributed by atoms with Crippen LogP contribution in [0.2, 0.25) is 0 Å². The van der Waals surface area contributed by atoms with Crippen molar-refractivity contribution in [1.29, 1.82) is 0 Å². The van der Waals surface area contributed by atoms with Crippen molar-refractivity contribution in [1.82, 2.24) is 20.1 Å². The van der Waals surface area contributed by atoms with Crippen LogP contribution in [0.1, 0.15) is 38.2 Å². The highest BCUT2D eigenvalue weighted by Gasteiger charge is 2.26. The van der Waals surface area contributed by atoms with Crippen LogP contribution in [0.3, 0.4) is 0 Å². The lowest BCUT2D eigenvalue weighted by atomic mass is 9.95. The van der Waals surface area contributed by atoms with E-state index in [0.29, 0.717) is 26.1 Å². The first-order valence-corrected chi connectivity index (χ1v) is 10.5. The number of piperidine rings is 1. The van der Waals surface area contributed by atoms with Crippen LogP contribution in [0.25, 0.3) is 0 Å². The van der Waals surface area contributed by atoms with Gasteiger partial charge < -0.3 is 20.0 Å². The Morgan fingerprint density at radius 1 is 1.14 bits per heavy atom. The van der Waals surface area contributed by atoms with Crippen molar-refractivity contribution < 1.29 is 9.59 Å².